The van der Waals surface area contributed by atoms with Crippen LogP contribution in [0.25, 0.3) is 0 Å². The quantitative estimate of drug-likeness (QED) is 0.433. The number of hydrogen-bond donors (Lipinski definition) is 0. The van der Waals surface area contributed by atoms with Crippen LogP contribution < -0.4 is 4.74 Å². The van der Waals surface area contributed by atoms with Crippen LogP contribution in [0.4, 0.5) is 5.69 Å². The molecule has 15 heavy (non-hydrogen) atoms. The van der Waals surface area contributed by atoms with Gasteiger partial charge in [-0.25, -0.2) is 0 Å². The molecule has 0 aliphatic rings. The van der Waals surface area contributed by atoms with Crippen molar-refractivity contribution in [2.24, 2.45) is 0 Å². The van der Waals surface area contributed by atoms with Crippen molar-refractivity contribution in [3.63, 3.8) is 0 Å². The minimum Gasteiger partial charge on any atom is -0.490 e. The van der Waals surface area contributed by atoms with Crippen molar-refractivity contribution in [2.75, 3.05) is 7.11 Å². The van der Waals surface area contributed by atoms with E-state index in [9.17, 15) is 10.1 Å². The van der Waals surface area contributed by atoms with Crippen LogP contribution in [0.3, 0.4) is 0 Å². The lowest BCUT2D eigenvalue weighted by molar-refractivity contribution is -0.385. The van der Waals surface area contributed by atoms with Gasteiger partial charge in [0.25, 0.3) is 0 Å². The molecule has 1 unspecified atom stereocenters. The Morgan fingerprint density at radius 3 is 2.73 bits per heavy atom. The zero-order valence-corrected chi connectivity index (χ0v) is 8.77. The Kier molecular flexibility index (Phi) is 3.44. The van der Waals surface area contributed by atoms with Crippen molar-refractivity contribution in [2.45, 2.75) is 12.8 Å². The summed E-state index contributed by atoms with van der Waals surface area (Å²) in [7, 11) is 1.42. The highest BCUT2D eigenvalue weighted by Gasteiger charge is 2.16. The van der Waals surface area contributed by atoms with Gasteiger partial charge in [-0.05, 0) is 17.5 Å². The van der Waals surface area contributed by atoms with Crippen LogP contribution in [0, 0.1) is 10.1 Å². The second-order valence-electron chi connectivity index (χ2n) is 3.21. The molecule has 0 N–H and O–H groups in total. The molecule has 0 aromatic heterocycles. The van der Waals surface area contributed by atoms with Crippen LogP contribution in [-0.4, -0.2) is 12.0 Å². The molecule has 0 saturated heterocycles. The molecule has 1 aromatic rings. The summed E-state index contributed by atoms with van der Waals surface area (Å²) in [5.74, 6) is 0.370. The van der Waals surface area contributed by atoms with E-state index in [4.69, 9.17) is 4.74 Å². The Morgan fingerprint density at radius 2 is 2.27 bits per heavy atom. The maximum Gasteiger partial charge on any atom is 0.311 e. The standard InChI is InChI=1S/C11H13NO3/c1-4-8(2)9-5-6-11(15-3)10(7-9)12(13)14/h4-8H,1H2,2-3H3. The first-order valence-corrected chi connectivity index (χ1v) is 4.55. The number of methoxy groups -OCH3 is 1. The molecule has 0 spiro atoms. The smallest absolute Gasteiger partial charge is 0.311 e. The van der Waals surface area contributed by atoms with Crippen LogP contribution in [0.5, 0.6) is 5.75 Å². The van der Waals surface area contributed by atoms with Crippen LogP contribution in [0.1, 0.15) is 18.4 Å². The first-order valence-electron chi connectivity index (χ1n) is 4.55. The van der Waals surface area contributed by atoms with E-state index in [2.05, 4.69) is 6.58 Å². The Labute approximate surface area is 88.3 Å². The van der Waals surface area contributed by atoms with E-state index in [1.54, 1.807) is 18.2 Å². The summed E-state index contributed by atoms with van der Waals surface area (Å²) in [5.41, 5.74) is 0.848. The van der Waals surface area contributed by atoms with Crippen molar-refractivity contribution < 1.29 is 9.66 Å². The molecule has 1 rings (SSSR count). The lowest BCUT2D eigenvalue weighted by Crippen LogP contribution is -1.96. The van der Waals surface area contributed by atoms with Gasteiger partial charge >= 0.3 is 5.69 Å². The van der Waals surface area contributed by atoms with E-state index in [0.717, 1.165) is 5.56 Å². The number of nitrogens with zero attached hydrogens (tertiary/aromatic N) is 1. The molecule has 0 aliphatic heterocycles. The van der Waals surface area contributed by atoms with Crippen LogP contribution in [0.2, 0.25) is 0 Å². The van der Waals surface area contributed by atoms with Gasteiger partial charge in [0.05, 0.1) is 12.0 Å². The summed E-state index contributed by atoms with van der Waals surface area (Å²) in [6.07, 6.45) is 1.74. The summed E-state index contributed by atoms with van der Waals surface area (Å²) in [5, 5.41) is 10.7. The highest BCUT2D eigenvalue weighted by atomic mass is 16.6. The Bertz CT molecular complexity index is 387. The number of nitro groups is 1. The Morgan fingerprint density at radius 1 is 1.60 bits per heavy atom. The van der Waals surface area contributed by atoms with Gasteiger partial charge in [-0.3, -0.25) is 10.1 Å². The molecule has 0 fully saturated rings. The number of benzene rings is 1. The molecule has 4 nitrogen and oxygen atoms in total. The summed E-state index contributed by atoms with van der Waals surface area (Å²) < 4.78 is 4.91. The zero-order chi connectivity index (χ0) is 11.4. The van der Waals surface area contributed by atoms with Crippen LogP contribution in [0.15, 0.2) is 30.9 Å². The van der Waals surface area contributed by atoms with Gasteiger partial charge < -0.3 is 4.74 Å². The van der Waals surface area contributed by atoms with Crippen molar-refractivity contribution in [1.82, 2.24) is 0 Å². The van der Waals surface area contributed by atoms with Gasteiger partial charge in [-0.2, -0.15) is 0 Å². The van der Waals surface area contributed by atoms with Crippen molar-refractivity contribution in [3.8, 4) is 5.75 Å². The average Bonchev–Trinajstić information content (AvgIpc) is 2.27. The molecular weight excluding hydrogens is 194 g/mol. The third-order valence-electron chi connectivity index (χ3n) is 2.28. The maximum absolute atomic E-state index is 10.7. The van der Waals surface area contributed by atoms with Gasteiger partial charge in [0.15, 0.2) is 5.75 Å². The molecule has 0 heterocycles. The van der Waals surface area contributed by atoms with Gasteiger partial charge in [0.2, 0.25) is 0 Å². The average molecular weight is 207 g/mol. The SMILES string of the molecule is C=CC(C)c1ccc(OC)c([N+](=O)[O-])c1. The number of hydrogen-bond acceptors (Lipinski definition) is 3. The number of allylic oxidation sites excluding steroid dienone is 1. The highest BCUT2D eigenvalue weighted by Crippen LogP contribution is 2.30. The fraction of sp³-hybridized carbons (Fsp3) is 0.273. The molecule has 0 amide bonds. The summed E-state index contributed by atoms with van der Waals surface area (Å²) in [6.45, 7) is 5.58. The number of rotatable bonds is 4. The molecule has 80 valence electrons. The van der Waals surface area contributed by atoms with Crippen LogP contribution in [-0.2, 0) is 0 Å². The van der Waals surface area contributed by atoms with Gasteiger partial charge in [0.1, 0.15) is 0 Å². The monoisotopic (exact) mass is 207 g/mol. The predicted octanol–water partition coefficient (Wildman–Crippen LogP) is 2.89. The molecule has 0 aliphatic carbocycles. The molecule has 0 saturated carbocycles. The second kappa shape index (κ2) is 4.59. The fourth-order valence-corrected chi connectivity index (χ4v) is 1.27. The van der Waals surface area contributed by atoms with Gasteiger partial charge in [0, 0.05) is 6.07 Å². The molecule has 0 bridgehead atoms. The number of ether oxygens (including phenoxy) is 1. The molecule has 0 radical (unpaired) electrons. The Balaban J connectivity index is 3.21. The summed E-state index contributed by atoms with van der Waals surface area (Å²) >= 11 is 0. The summed E-state index contributed by atoms with van der Waals surface area (Å²) in [4.78, 5) is 10.3. The third-order valence-corrected chi connectivity index (χ3v) is 2.28. The minimum atomic E-state index is -0.446. The minimum absolute atomic E-state index is 0.0105. The molecule has 1 aromatic carbocycles. The van der Waals surface area contributed by atoms with E-state index in [1.807, 2.05) is 6.92 Å². The molecule has 1 atom stereocenters. The Hall–Kier alpha value is -1.84. The number of nitro benzene ring substituents is 1. The third kappa shape index (κ3) is 2.34. The highest BCUT2D eigenvalue weighted by molar-refractivity contribution is 5.49. The molecular formula is C11H13NO3. The predicted molar refractivity (Wildman–Crippen MR) is 58.3 cm³/mol. The first kappa shape index (κ1) is 11.2. The normalized spacial score (nSPS) is 11.9. The topological polar surface area (TPSA) is 52.4 Å². The van der Waals surface area contributed by atoms with Crippen molar-refractivity contribution in [1.29, 1.82) is 0 Å². The first-order chi connectivity index (χ1) is 7.10. The van der Waals surface area contributed by atoms with E-state index in [0.29, 0.717) is 0 Å². The van der Waals surface area contributed by atoms with Crippen molar-refractivity contribution in [3.05, 3.63) is 46.5 Å². The summed E-state index contributed by atoms with van der Waals surface area (Å²) in [6, 6.07) is 4.93. The van der Waals surface area contributed by atoms with E-state index in [-0.39, 0.29) is 17.4 Å². The van der Waals surface area contributed by atoms with E-state index >= 15 is 0 Å². The largest absolute Gasteiger partial charge is 0.490 e. The van der Waals surface area contributed by atoms with E-state index in [1.165, 1.54) is 13.2 Å². The van der Waals surface area contributed by atoms with Gasteiger partial charge in [-0.1, -0.05) is 19.1 Å². The maximum atomic E-state index is 10.7. The second-order valence-corrected chi connectivity index (χ2v) is 3.21. The lowest BCUT2D eigenvalue weighted by atomic mass is 10.0. The fourth-order valence-electron chi connectivity index (χ4n) is 1.27. The molecule has 4 heteroatoms. The van der Waals surface area contributed by atoms with Crippen LogP contribution >= 0.6 is 0 Å². The van der Waals surface area contributed by atoms with Crippen molar-refractivity contribution >= 4 is 5.69 Å². The van der Waals surface area contributed by atoms with E-state index < -0.39 is 4.92 Å². The zero-order valence-electron chi connectivity index (χ0n) is 8.77. The van der Waals surface area contributed by atoms with Gasteiger partial charge in [-0.15, -0.1) is 6.58 Å². The lowest BCUT2D eigenvalue weighted by Gasteiger charge is -2.07.